The van der Waals surface area contributed by atoms with Crippen LogP contribution in [-0.4, -0.2) is 29.4 Å². The third-order valence-electron chi connectivity index (χ3n) is 1.45. The van der Waals surface area contributed by atoms with E-state index in [0.29, 0.717) is 4.88 Å². The third kappa shape index (κ3) is 3.06. The molecule has 0 aliphatic carbocycles. The lowest BCUT2D eigenvalue weighted by molar-refractivity contribution is -0.151. The van der Waals surface area contributed by atoms with Crippen LogP contribution >= 0.6 is 27.3 Å². The fraction of sp³-hybridized carbons (Fsp3) is 0.375. The Labute approximate surface area is 93.3 Å². The van der Waals surface area contributed by atoms with Crippen LogP contribution in [0.2, 0.25) is 0 Å². The molecule has 1 rings (SSSR count). The van der Waals surface area contributed by atoms with E-state index in [1.54, 1.807) is 12.1 Å². The number of aliphatic carboxylic acids is 1. The number of hydrogen-bond acceptors (Lipinski definition) is 4. The molecule has 0 spiro atoms. The van der Waals surface area contributed by atoms with Gasteiger partial charge in [-0.2, -0.15) is 0 Å². The maximum absolute atomic E-state index is 10.8. The van der Waals surface area contributed by atoms with Crippen LogP contribution in [0.5, 0.6) is 0 Å². The predicted octanol–water partition coefficient (Wildman–Crippen LogP) is 1.65. The van der Waals surface area contributed by atoms with E-state index >= 15 is 0 Å². The van der Waals surface area contributed by atoms with Crippen molar-refractivity contribution in [2.75, 3.05) is 13.2 Å². The first-order chi connectivity index (χ1) is 6.65. The van der Waals surface area contributed by atoms with Crippen molar-refractivity contribution in [3.05, 3.63) is 20.8 Å². The molecule has 0 aliphatic rings. The Morgan fingerprint density at radius 2 is 2.36 bits per heavy atom. The number of carboxylic acid groups (broad SMARTS) is 1. The number of aliphatic hydroxyl groups is 1. The van der Waals surface area contributed by atoms with Crippen LogP contribution in [0.3, 0.4) is 0 Å². The van der Waals surface area contributed by atoms with Crippen LogP contribution < -0.4 is 0 Å². The van der Waals surface area contributed by atoms with E-state index in [1.165, 1.54) is 11.3 Å². The van der Waals surface area contributed by atoms with E-state index < -0.39 is 12.1 Å². The number of carboxylic acids is 1. The molecule has 0 bridgehead atoms. The average molecular weight is 281 g/mol. The Kier molecular flexibility index (Phi) is 4.53. The topological polar surface area (TPSA) is 66.8 Å². The van der Waals surface area contributed by atoms with Gasteiger partial charge < -0.3 is 14.9 Å². The molecule has 2 N–H and O–H groups in total. The van der Waals surface area contributed by atoms with Crippen molar-refractivity contribution in [2.45, 2.75) is 6.10 Å². The maximum Gasteiger partial charge on any atom is 0.338 e. The Morgan fingerprint density at radius 1 is 1.64 bits per heavy atom. The van der Waals surface area contributed by atoms with E-state index in [9.17, 15) is 4.79 Å². The van der Waals surface area contributed by atoms with Crippen LogP contribution in [0.15, 0.2) is 15.9 Å². The van der Waals surface area contributed by atoms with Gasteiger partial charge in [-0.3, -0.25) is 0 Å². The van der Waals surface area contributed by atoms with E-state index in [4.69, 9.17) is 14.9 Å². The van der Waals surface area contributed by atoms with Gasteiger partial charge in [-0.25, -0.2) is 4.79 Å². The Hall–Kier alpha value is -0.430. The minimum Gasteiger partial charge on any atom is -0.479 e. The van der Waals surface area contributed by atoms with E-state index in [0.717, 1.165) is 3.79 Å². The molecule has 78 valence electrons. The molecule has 1 heterocycles. The van der Waals surface area contributed by atoms with Crippen molar-refractivity contribution in [1.82, 2.24) is 0 Å². The molecule has 0 fully saturated rings. The van der Waals surface area contributed by atoms with Crippen molar-refractivity contribution < 1.29 is 19.7 Å². The summed E-state index contributed by atoms with van der Waals surface area (Å²) in [6.45, 7) is -0.164. The molecule has 1 aromatic heterocycles. The number of carbonyl (C=O) groups is 1. The zero-order valence-electron chi connectivity index (χ0n) is 7.14. The molecular formula is C8H9BrO4S. The van der Waals surface area contributed by atoms with Crippen LogP contribution in [0, 0.1) is 0 Å². The van der Waals surface area contributed by atoms with Gasteiger partial charge in [0.1, 0.15) is 0 Å². The fourth-order valence-electron chi connectivity index (χ4n) is 0.915. The standard InChI is InChI=1S/C8H9BrO4S/c9-6-2-1-5(14-6)7(8(11)12)13-4-3-10/h1-2,7,10H,3-4H2,(H,11,12). The van der Waals surface area contributed by atoms with Crippen LogP contribution in [0.4, 0.5) is 0 Å². The first-order valence-corrected chi connectivity index (χ1v) is 5.46. The van der Waals surface area contributed by atoms with Gasteiger partial charge in [0.25, 0.3) is 0 Å². The minimum atomic E-state index is -1.05. The minimum absolute atomic E-state index is 0.0203. The predicted molar refractivity (Wildman–Crippen MR) is 55.4 cm³/mol. The molecular weight excluding hydrogens is 272 g/mol. The quantitative estimate of drug-likeness (QED) is 0.861. The van der Waals surface area contributed by atoms with Crippen LogP contribution in [0.25, 0.3) is 0 Å². The van der Waals surface area contributed by atoms with E-state index in [1.807, 2.05) is 0 Å². The van der Waals surface area contributed by atoms with Crippen molar-refractivity contribution >= 4 is 33.2 Å². The number of hydrogen-bond donors (Lipinski definition) is 2. The number of halogens is 1. The van der Waals surface area contributed by atoms with Crippen molar-refractivity contribution in [2.24, 2.45) is 0 Å². The highest BCUT2D eigenvalue weighted by Gasteiger charge is 2.21. The van der Waals surface area contributed by atoms with Gasteiger partial charge >= 0.3 is 5.97 Å². The van der Waals surface area contributed by atoms with Gasteiger partial charge in [-0.15, -0.1) is 11.3 Å². The van der Waals surface area contributed by atoms with E-state index in [-0.39, 0.29) is 13.2 Å². The smallest absolute Gasteiger partial charge is 0.338 e. The highest BCUT2D eigenvalue weighted by atomic mass is 79.9. The highest BCUT2D eigenvalue weighted by molar-refractivity contribution is 9.11. The summed E-state index contributed by atoms with van der Waals surface area (Å²) >= 11 is 4.54. The number of thiophene rings is 1. The van der Waals surface area contributed by atoms with Gasteiger partial charge in [-0.05, 0) is 28.1 Å². The molecule has 0 saturated carbocycles. The monoisotopic (exact) mass is 280 g/mol. The third-order valence-corrected chi connectivity index (χ3v) is 3.12. The Bertz CT molecular complexity index is 312. The lowest BCUT2D eigenvalue weighted by atomic mass is 10.3. The summed E-state index contributed by atoms with van der Waals surface area (Å²) in [5.41, 5.74) is 0. The van der Waals surface area contributed by atoms with Gasteiger partial charge in [-0.1, -0.05) is 0 Å². The van der Waals surface area contributed by atoms with Gasteiger partial charge in [0.05, 0.1) is 17.0 Å². The van der Waals surface area contributed by atoms with Crippen molar-refractivity contribution in [3.63, 3.8) is 0 Å². The molecule has 0 amide bonds. The largest absolute Gasteiger partial charge is 0.479 e. The van der Waals surface area contributed by atoms with Gasteiger partial charge in [0, 0.05) is 4.88 Å². The number of rotatable bonds is 5. The molecule has 4 nitrogen and oxygen atoms in total. The zero-order valence-corrected chi connectivity index (χ0v) is 9.55. The Balaban J connectivity index is 2.72. The second-order valence-corrected chi connectivity index (χ2v) is 4.95. The molecule has 0 aliphatic heterocycles. The van der Waals surface area contributed by atoms with Gasteiger partial charge in [0.15, 0.2) is 6.10 Å². The molecule has 1 unspecified atom stereocenters. The normalized spacial score (nSPS) is 12.7. The number of aliphatic hydroxyl groups excluding tert-OH is 1. The lowest BCUT2D eigenvalue weighted by Gasteiger charge is -2.10. The molecule has 14 heavy (non-hydrogen) atoms. The second-order valence-electron chi connectivity index (χ2n) is 2.45. The number of ether oxygens (including phenoxy) is 1. The summed E-state index contributed by atoms with van der Waals surface area (Å²) in [6.07, 6.45) is -0.988. The highest BCUT2D eigenvalue weighted by Crippen LogP contribution is 2.29. The maximum atomic E-state index is 10.8. The molecule has 0 saturated heterocycles. The Morgan fingerprint density at radius 3 is 2.79 bits per heavy atom. The summed E-state index contributed by atoms with van der Waals surface area (Å²) in [7, 11) is 0. The van der Waals surface area contributed by atoms with Gasteiger partial charge in [0.2, 0.25) is 0 Å². The average Bonchev–Trinajstić information content (AvgIpc) is 2.52. The first kappa shape index (κ1) is 11.6. The molecule has 6 heteroatoms. The fourth-order valence-corrected chi connectivity index (χ4v) is 2.38. The molecule has 1 aromatic rings. The molecule has 1 atom stereocenters. The summed E-state index contributed by atoms with van der Waals surface area (Å²) < 4.78 is 5.85. The van der Waals surface area contributed by atoms with Crippen molar-refractivity contribution in [1.29, 1.82) is 0 Å². The van der Waals surface area contributed by atoms with Crippen LogP contribution in [0.1, 0.15) is 11.0 Å². The molecule has 0 radical (unpaired) electrons. The molecule has 0 aromatic carbocycles. The zero-order chi connectivity index (χ0) is 10.6. The summed E-state index contributed by atoms with van der Waals surface area (Å²) in [5, 5.41) is 17.4. The summed E-state index contributed by atoms with van der Waals surface area (Å²) in [4.78, 5) is 11.4. The summed E-state index contributed by atoms with van der Waals surface area (Å²) in [5.74, 6) is -1.05. The first-order valence-electron chi connectivity index (χ1n) is 3.85. The second kappa shape index (κ2) is 5.45. The van der Waals surface area contributed by atoms with Crippen LogP contribution in [-0.2, 0) is 9.53 Å². The van der Waals surface area contributed by atoms with E-state index in [2.05, 4.69) is 15.9 Å². The van der Waals surface area contributed by atoms with Crippen molar-refractivity contribution in [3.8, 4) is 0 Å². The lowest BCUT2D eigenvalue weighted by Crippen LogP contribution is -2.16. The summed E-state index contributed by atoms with van der Waals surface area (Å²) in [6, 6.07) is 3.45. The SMILES string of the molecule is O=C(O)C(OCCO)c1ccc(Br)s1.